The first-order valence-electron chi connectivity index (χ1n) is 13.4. The topological polar surface area (TPSA) is 178 Å². The van der Waals surface area contributed by atoms with Gasteiger partial charge in [-0.2, -0.15) is 5.09 Å². The van der Waals surface area contributed by atoms with Gasteiger partial charge >= 0.3 is 19.4 Å². The average molecular weight is 626 g/mol. The second-order valence-electron chi connectivity index (χ2n) is 10.2. The Morgan fingerprint density at radius 1 is 1.29 bits per heavy atom. The predicted molar refractivity (Wildman–Crippen MR) is 151 cm³/mol. The summed E-state index contributed by atoms with van der Waals surface area (Å²) in [5.41, 5.74) is -3.67. The van der Waals surface area contributed by atoms with E-state index >= 15 is 0 Å². The van der Waals surface area contributed by atoms with E-state index in [0.29, 0.717) is 5.02 Å². The van der Waals surface area contributed by atoms with Crippen molar-refractivity contribution in [2.75, 3.05) is 6.61 Å². The van der Waals surface area contributed by atoms with Gasteiger partial charge in [-0.3, -0.25) is 23.7 Å². The summed E-state index contributed by atoms with van der Waals surface area (Å²) in [6, 6.07) is 5.88. The van der Waals surface area contributed by atoms with E-state index in [1.165, 1.54) is 37.4 Å². The number of aliphatic hydroxyl groups is 2. The summed E-state index contributed by atoms with van der Waals surface area (Å²) in [5, 5.41) is 24.9. The quantitative estimate of drug-likeness (QED) is 0.162. The minimum absolute atomic E-state index is 0.103. The molecule has 228 valence electrons. The first kappa shape index (κ1) is 32.0. The molecule has 4 rings (SSSR count). The molecule has 2 aromatic rings. The van der Waals surface area contributed by atoms with Crippen LogP contribution in [0.15, 0.2) is 46.1 Å². The molecule has 1 aromatic heterocycles. The molecule has 1 aromatic carbocycles. The Morgan fingerprint density at radius 3 is 2.62 bits per heavy atom. The van der Waals surface area contributed by atoms with Gasteiger partial charge < -0.3 is 24.2 Å². The normalized spacial score (nSPS) is 26.6. The van der Waals surface area contributed by atoms with Crippen LogP contribution in [0.4, 0.5) is 0 Å². The molecule has 15 heteroatoms. The highest BCUT2D eigenvalue weighted by atomic mass is 35.5. The van der Waals surface area contributed by atoms with Gasteiger partial charge in [0.2, 0.25) is 0 Å². The fraction of sp³-hybridized carbons (Fsp3) is 0.519. The van der Waals surface area contributed by atoms with Crippen molar-refractivity contribution in [1.29, 1.82) is 0 Å². The van der Waals surface area contributed by atoms with Gasteiger partial charge in [0.15, 0.2) is 5.60 Å². The van der Waals surface area contributed by atoms with Gasteiger partial charge in [0.1, 0.15) is 36.2 Å². The predicted octanol–water partition coefficient (Wildman–Crippen LogP) is 1.74. The number of H-pyrrole nitrogens is 1. The molecule has 1 aliphatic heterocycles. The van der Waals surface area contributed by atoms with Gasteiger partial charge in [0, 0.05) is 17.3 Å². The Labute approximate surface area is 246 Å². The van der Waals surface area contributed by atoms with E-state index < -0.39 is 61.5 Å². The molecule has 2 aliphatic rings. The molecule has 2 fully saturated rings. The Hall–Kier alpha value is -2.95. The molecule has 0 bridgehead atoms. The highest BCUT2D eigenvalue weighted by molar-refractivity contribution is 7.52. The molecule has 6 atom stereocenters. The van der Waals surface area contributed by atoms with Crippen LogP contribution < -0.4 is 20.9 Å². The molecule has 0 amide bonds. The molecule has 0 spiro atoms. The number of nitrogens with zero attached hydrogens (tertiary/aromatic N) is 1. The number of halogens is 1. The maximum absolute atomic E-state index is 13.9. The van der Waals surface area contributed by atoms with Crippen molar-refractivity contribution in [3.63, 3.8) is 0 Å². The first-order valence-corrected chi connectivity index (χ1v) is 15.4. The number of ether oxygens (including phenoxy) is 2. The SMILES string of the molecule is C#C[C@]1(O)[C@H](Cn2ccc(=O)[nH]c2=O)OC(COP(=O)(N[C@@H](C)C(=O)OC2CCCCC2)Oc2ccc(Cl)cc2)[C@H]1O. The van der Waals surface area contributed by atoms with Gasteiger partial charge in [-0.1, -0.05) is 23.9 Å². The van der Waals surface area contributed by atoms with E-state index in [0.717, 1.165) is 42.7 Å². The lowest BCUT2D eigenvalue weighted by molar-refractivity contribution is -0.152. The number of carbonyl (C=O) groups is 1. The lowest BCUT2D eigenvalue weighted by Gasteiger charge is -2.27. The van der Waals surface area contributed by atoms with Crippen molar-refractivity contribution in [2.24, 2.45) is 0 Å². The van der Waals surface area contributed by atoms with Gasteiger partial charge in [-0.15, -0.1) is 6.42 Å². The van der Waals surface area contributed by atoms with Crippen LogP contribution in [0, 0.1) is 12.3 Å². The van der Waals surface area contributed by atoms with Crippen molar-refractivity contribution in [1.82, 2.24) is 14.6 Å². The summed E-state index contributed by atoms with van der Waals surface area (Å²) >= 11 is 5.94. The molecule has 1 saturated carbocycles. The standard InChI is InChI=1S/C27H33ClN3O10P/c1-3-27(36)22(15-31-14-13-23(32)29-26(31)35)40-21(24(27)33)16-38-42(37,41-20-11-9-18(28)10-12-20)30-17(2)25(34)39-19-7-5-4-6-8-19/h1,9-14,17,19,21-22,24,33,36H,4-8,15-16H2,2H3,(H,30,37)(H,29,32,35)/t17-,21?,22-,24+,27-,42?/m0/s1. The number of hydrogen-bond acceptors (Lipinski definition) is 10. The molecule has 0 radical (unpaired) electrons. The Balaban J connectivity index is 1.49. The zero-order valence-corrected chi connectivity index (χ0v) is 24.5. The Kier molecular flexibility index (Phi) is 10.3. The number of rotatable bonds is 11. The van der Waals surface area contributed by atoms with Crippen LogP contribution in [-0.4, -0.2) is 68.4 Å². The number of benzene rings is 1. The number of hydrogen-bond donors (Lipinski definition) is 4. The first-order chi connectivity index (χ1) is 19.9. The van der Waals surface area contributed by atoms with E-state index in [2.05, 4.69) is 16.0 Å². The number of carbonyl (C=O) groups excluding carboxylic acids is 1. The third-order valence-electron chi connectivity index (χ3n) is 7.11. The van der Waals surface area contributed by atoms with E-state index in [9.17, 15) is 29.2 Å². The molecule has 13 nitrogen and oxygen atoms in total. The number of aromatic amines is 1. The second kappa shape index (κ2) is 13.6. The van der Waals surface area contributed by atoms with Crippen molar-refractivity contribution < 1.29 is 38.1 Å². The number of esters is 1. The number of nitrogens with one attached hydrogen (secondary N) is 2. The van der Waals surface area contributed by atoms with E-state index in [4.69, 9.17) is 36.5 Å². The van der Waals surface area contributed by atoms with Crippen LogP contribution in [0.2, 0.25) is 5.02 Å². The zero-order valence-electron chi connectivity index (χ0n) is 22.8. The third kappa shape index (κ3) is 7.71. The summed E-state index contributed by atoms with van der Waals surface area (Å²) in [5.74, 6) is 1.56. The fourth-order valence-electron chi connectivity index (χ4n) is 4.76. The Morgan fingerprint density at radius 2 is 1.98 bits per heavy atom. The maximum atomic E-state index is 13.9. The molecule has 2 heterocycles. The average Bonchev–Trinajstić information content (AvgIpc) is 3.20. The van der Waals surface area contributed by atoms with Gasteiger partial charge in [-0.05, 0) is 56.9 Å². The summed E-state index contributed by atoms with van der Waals surface area (Å²) in [6.45, 7) is 0.512. The van der Waals surface area contributed by atoms with E-state index in [-0.39, 0.29) is 18.4 Å². The Bertz CT molecular complexity index is 1450. The number of terminal acetylenes is 1. The third-order valence-corrected chi connectivity index (χ3v) is 9.01. The van der Waals surface area contributed by atoms with Crippen molar-refractivity contribution in [2.45, 2.75) is 81.6 Å². The largest absolute Gasteiger partial charge is 0.461 e. The van der Waals surface area contributed by atoms with Crippen molar-refractivity contribution >= 4 is 25.3 Å². The molecule has 1 aliphatic carbocycles. The van der Waals surface area contributed by atoms with Crippen LogP contribution in [-0.2, 0) is 29.9 Å². The minimum Gasteiger partial charge on any atom is -0.461 e. The summed E-state index contributed by atoms with van der Waals surface area (Å²) < 4.78 is 37.5. The molecule has 42 heavy (non-hydrogen) atoms. The minimum atomic E-state index is -4.36. The number of aromatic nitrogens is 2. The lowest BCUT2D eigenvalue weighted by Crippen LogP contribution is -2.49. The maximum Gasteiger partial charge on any atom is 0.459 e. The molecular formula is C27H33ClN3O10P. The summed E-state index contributed by atoms with van der Waals surface area (Å²) in [6.07, 6.45) is 6.56. The highest BCUT2D eigenvalue weighted by Gasteiger charge is 2.55. The highest BCUT2D eigenvalue weighted by Crippen LogP contribution is 2.46. The van der Waals surface area contributed by atoms with E-state index in [1.807, 2.05) is 0 Å². The number of aliphatic hydroxyl groups excluding tert-OH is 1. The summed E-state index contributed by atoms with van der Waals surface area (Å²) in [4.78, 5) is 38.4. The van der Waals surface area contributed by atoms with Gasteiger partial charge in [0.25, 0.3) is 5.56 Å². The molecule has 2 unspecified atom stereocenters. The molecule has 4 N–H and O–H groups in total. The smallest absolute Gasteiger partial charge is 0.459 e. The van der Waals surface area contributed by atoms with Crippen LogP contribution in [0.5, 0.6) is 5.75 Å². The van der Waals surface area contributed by atoms with Crippen molar-refractivity contribution in [3.05, 3.63) is 62.4 Å². The fourth-order valence-corrected chi connectivity index (χ4v) is 6.38. The summed E-state index contributed by atoms with van der Waals surface area (Å²) in [7, 11) is -4.36. The van der Waals surface area contributed by atoms with Gasteiger partial charge in [0.05, 0.1) is 13.2 Å². The monoisotopic (exact) mass is 625 g/mol. The lowest BCUT2D eigenvalue weighted by atomic mass is 9.91. The zero-order chi connectivity index (χ0) is 30.5. The van der Waals surface area contributed by atoms with Crippen LogP contribution >= 0.6 is 19.3 Å². The van der Waals surface area contributed by atoms with Crippen LogP contribution in [0.25, 0.3) is 0 Å². The van der Waals surface area contributed by atoms with Crippen LogP contribution in [0.3, 0.4) is 0 Å². The molecular weight excluding hydrogens is 593 g/mol. The van der Waals surface area contributed by atoms with Crippen LogP contribution in [0.1, 0.15) is 39.0 Å². The molecule has 1 saturated heterocycles. The van der Waals surface area contributed by atoms with Gasteiger partial charge in [-0.25, -0.2) is 9.36 Å². The van der Waals surface area contributed by atoms with E-state index in [1.54, 1.807) is 0 Å². The second-order valence-corrected chi connectivity index (χ2v) is 12.4. The van der Waals surface area contributed by atoms with Crippen molar-refractivity contribution in [3.8, 4) is 18.1 Å².